The molecular weight excluding hydrogens is 328 g/mol. The SMILES string of the molecule is NC(=NCCc1c[nH]c2ccccc12)Nc1ccc2c(c1)OCCCO2. The lowest BCUT2D eigenvalue weighted by Crippen LogP contribution is -2.23. The van der Waals surface area contributed by atoms with E-state index in [9.17, 15) is 0 Å². The molecule has 134 valence electrons. The summed E-state index contributed by atoms with van der Waals surface area (Å²) >= 11 is 0. The van der Waals surface area contributed by atoms with E-state index in [1.54, 1.807) is 0 Å². The fourth-order valence-electron chi connectivity index (χ4n) is 3.06. The van der Waals surface area contributed by atoms with Crippen LogP contribution in [0.25, 0.3) is 10.9 Å². The largest absolute Gasteiger partial charge is 0.490 e. The summed E-state index contributed by atoms with van der Waals surface area (Å²) in [6.45, 7) is 1.95. The standard InChI is InChI=1S/C20H22N4O2/c21-20(22-9-8-14-13-23-17-5-2-1-4-16(14)17)24-15-6-7-18-19(12-15)26-11-3-10-25-18/h1-2,4-7,12-13,23H,3,8-11H2,(H3,21,22,24). The summed E-state index contributed by atoms with van der Waals surface area (Å²) in [6, 6.07) is 14.0. The number of hydrogen-bond acceptors (Lipinski definition) is 3. The highest BCUT2D eigenvalue weighted by atomic mass is 16.5. The zero-order valence-electron chi connectivity index (χ0n) is 14.5. The lowest BCUT2D eigenvalue weighted by Gasteiger charge is -2.10. The molecule has 4 rings (SSSR count). The van der Waals surface area contributed by atoms with Gasteiger partial charge in [0.25, 0.3) is 0 Å². The van der Waals surface area contributed by atoms with Gasteiger partial charge in [0.05, 0.1) is 13.2 Å². The van der Waals surface area contributed by atoms with Crippen molar-refractivity contribution in [3.8, 4) is 11.5 Å². The minimum absolute atomic E-state index is 0.388. The van der Waals surface area contributed by atoms with Gasteiger partial charge in [0.1, 0.15) is 0 Å². The highest BCUT2D eigenvalue weighted by Crippen LogP contribution is 2.32. The maximum absolute atomic E-state index is 6.02. The molecule has 0 fully saturated rings. The Bertz CT molecular complexity index is 932. The van der Waals surface area contributed by atoms with Crippen LogP contribution in [0.2, 0.25) is 0 Å². The molecule has 1 aliphatic heterocycles. The van der Waals surface area contributed by atoms with Crippen molar-refractivity contribution in [1.82, 2.24) is 4.98 Å². The molecule has 4 N–H and O–H groups in total. The summed E-state index contributed by atoms with van der Waals surface area (Å²) in [6.07, 6.45) is 3.75. The van der Waals surface area contributed by atoms with Crippen LogP contribution in [0.5, 0.6) is 11.5 Å². The number of aliphatic imine (C=N–C) groups is 1. The van der Waals surface area contributed by atoms with E-state index >= 15 is 0 Å². The minimum atomic E-state index is 0.388. The van der Waals surface area contributed by atoms with Crippen molar-refractivity contribution in [2.45, 2.75) is 12.8 Å². The van der Waals surface area contributed by atoms with Crippen LogP contribution in [0.3, 0.4) is 0 Å². The van der Waals surface area contributed by atoms with Gasteiger partial charge >= 0.3 is 0 Å². The van der Waals surface area contributed by atoms with Gasteiger partial charge in [0.2, 0.25) is 0 Å². The van der Waals surface area contributed by atoms with Gasteiger partial charge < -0.3 is 25.5 Å². The fraction of sp³-hybridized carbons (Fsp3) is 0.250. The average Bonchev–Trinajstić information content (AvgIpc) is 2.91. The number of anilines is 1. The highest BCUT2D eigenvalue weighted by molar-refractivity contribution is 5.92. The number of nitrogens with two attached hydrogens (primary N) is 1. The number of rotatable bonds is 4. The maximum Gasteiger partial charge on any atom is 0.193 e. The molecule has 0 saturated carbocycles. The molecule has 1 aliphatic rings. The molecule has 3 aromatic rings. The number of aromatic amines is 1. The normalized spacial score (nSPS) is 14.2. The van der Waals surface area contributed by atoms with Gasteiger partial charge in [-0.2, -0.15) is 0 Å². The average molecular weight is 350 g/mol. The van der Waals surface area contributed by atoms with Gasteiger partial charge in [-0.15, -0.1) is 0 Å². The fourth-order valence-corrected chi connectivity index (χ4v) is 3.06. The van der Waals surface area contributed by atoms with E-state index in [4.69, 9.17) is 15.2 Å². The first-order valence-corrected chi connectivity index (χ1v) is 8.81. The van der Waals surface area contributed by atoms with Crippen LogP contribution < -0.4 is 20.5 Å². The number of nitrogens with zero attached hydrogens (tertiary/aromatic N) is 1. The number of nitrogens with one attached hydrogen (secondary N) is 2. The second-order valence-electron chi connectivity index (χ2n) is 6.21. The lowest BCUT2D eigenvalue weighted by atomic mass is 10.1. The first-order valence-electron chi connectivity index (χ1n) is 8.81. The third kappa shape index (κ3) is 3.59. The molecule has 0 amide bonds. The van der Waals surface area contributed by atoms with Gasteiger partial charge in [-0.1, -0.05) is 18.2 Å². The van der Waals surface area contributed by atoms with Crippen LogP contribution in [0, 0.1) is 0 Å². The Balaban J connectivity index is 1.38. The summed E-state index contributed by atoms with van der Waals surface area (Å²) < 4.78 is 11.3. The zero-order chi connectivity index (χ0) is 17.8. The van der Waals surface area contributed by atoms with Crippen LogP contribution in [0.4, 0.5) is 5.69 Å². The Hall–Kier alpha value is -3.15. The molecule has 6 heteroatoms. The number of guanidine groups is 1. The third-order valence-electron chi connectivity index (χ3n) is 4.36. The van der Waals surface area contributed by atoms with Crippen LogP contribution in [0.1, 0.15) is 12.0 Å². The number of hydrogen-bond donors (Lipinski definition) is 3. The van der Waals surface area contributed by atoms with E-state index in [1.807, 2.05) is 36.5 Å². The maximum atomic E-state index is 6.02. The molecule has 0 bridgehead atoms. The van der Waals surface area contributed by atoms with Crippen molar-refractivity contribution in [3.63, 3.8) is 0 Å². The Morgan fingerprint density at radius 3 is 2.88 bits per heavy atom. The molecule has 0 atom stereocenters. The van der Waals surface area contributed by atoms with E-state index in [2.05, 4.69) is 27.4 Å². The monoisotopic (exact) mass is 350 g/mol. The van der Waals surface area contributed by atoms with Crippen LogP contribution in [-0.4, -0.2) is 30.7 Å². The van der Waals surface area contributed by atoms with E-state index in [0.29, 0.717) is 25.7 Å². The first kappa shape index (κ1) is 16.3. The number of H-pyrrole nitrogens is 1. The second-order valence-corrected chi connectivity index (χ2v) is 6.21. The molecule has 26 heavy (non-hydrogen) atoms. The van der Waals surface area contributed by atoms with Gasteiger partial charge in [-0.3, -0.25) is 4.99 Å². The number of aromatic nitrogens is 1. The summed E-state index contributed by atoms with van der Waals surface area (Å²) in [5.41, 5.74) is 9.25. The topological polar surface area (TPSA) is 84.7 Å². The van der Waals surface area contributed by atoms with Crippen molar-refractivity contribution in [1.29, 1.82) is 0 Å². The number of benzene rings is 2. The van der Waals surface area contributed by atoms with E-state index < -0.39 is 0 Å². The van der Waals surface area contributed by atoms with Crippen LogP contribution >= 0.6 is 0 Å². The van der Waals surface area contributed by atoms with E-state index in [-0.39, 0.29) is 0 Å². The van der Waals surface area contributed by atoms with Crippen molar-refractivity contribution >= 4 is 22.5 Å². The predicted molar refractivity (Wildman–Crippen MR) is 104 cm³/mol. The van der Waals surface area contributed by atoms with Gasteiger partial charge in [-0.05, 0) is 30.2 Å². The number of para-hydroxylation sites is 1. The summed E-state index contributed by atoms with van der Waals surface area (Å²) in [7, 11) is 0. The summed E-state index contributed by atoms with van der Waals surface area (Å²) in [4.78, 5) is 7.71. The predicted octanol–water partition coefficient (Wildman–Crippen LogP) is 3.30. The highest BCUT2D eigenvalue weighted by Gasteiger charge is 2.11. The van der Waals surface area contributed by atoms with Crippen LogP contribution in [0.15, 0.2) is 53.7 Å². The minimum Gasteiger partial charge on any atom is -0.490 e. The van der Waals surface area contributed by atoms with Gasteiger partial charge in [-0.25, -0.2) is 0 Å². The van der Waals surface area contributed by atoms with Crippen molar-refractivity contribution in [3.05, 3.63) is 54.2 Å². The van der Waals surface area contributed by atoms with E-state index in [0.717, 1.165) is 35.5 Å². The molecule has 0 aliphatic carbocycles. The number of fused-ring (bicyclic) bond motifs is 2. The first-order chi connectivity index (χ1) is 12.8. The molecule has 0 saturated heterocycles. The molecular formula is C20H22N4O2. The second kappa shape index (κ2) is 7.39. The Morgan fingerprint density at radius 1 is 1.12 bits per heavy atom. The summed E-state index contributed by atoms with van der Waals surface area (Å²) in [5.74, 6) is 1.89. The molecule has 2 aromatic carbocycles. The smallest absolute Gasteiger partial charge is 0.193 e. The Kier molecular flexibility index (Phi) is 4.64. The van der Waals surface area contributed by atoms with Crippen molar-refractivity contribution < 1.29 is 9.47 Å². The molecule has 0 radical (unpaired) electrons. The lowest BCUT2D eigenvalue weighted by molar-refractivity contribution is 0.297. The van der Waals surface area contributed by atoms with Gasteiger partial charge in [0.15, 0.2) is 17.5 Å². The van der Waals surface area contributed by atoms with Gasteiger partial charge in [0, 0.05) is 41.8 Å². The molecule has 1 aromatic heterocycles. The number of ether oxygens (including phenoxy) is 2. The van der Waals surface area contributed by atoms with Crippen molar-refractivity contribution in [2.24, 2.45) is 10.7 Å². The Morgan fingerprint density at radius 2 is 1.96 bits per heavy atom. The quantitative estimate of drug-likeness (QED) is 0.498. The molecule has 0 unspecified atom stereocenters. The van der Waals surface area contributed by atoms with E-state index in [1.165, 1.54) is 10.9 Å². The summed E-state index contributed by atoms with van der Waals surface area (Å²) in [5, 5.41) is 4.35. The Labute approximate surface area is 152 Å². The third-order valence-corrected chi connectivity index (χ3v) is 4.36. The zero-order valence-corrected chi connectivity index (χ0v) is 14.5. The van der Waals surface area contributed by atoms with Crippen LogP contribution in [-0.2, 0) is 6.42 Å². The molecule has 0 spiro atoms. The van der Waals surface area contributed by atoms with Crippen molar-refractivity contribution in [2.75, 3.05) is 25.1 Å². The molecule has 6 nitrogen and oxygen atoms in total. The molecule has 2 heterocycles.